The molecule has 0 saturated carbocycles. The molecule has 2 rings (SSSR count). The average molecular weight is 235 g/mol. The second kappa shape index (κ2) is 4.53. The van der Waals surface area contributed by atoms with E-state index in [2.05, 4.69) is 24.0 Å². The molecule has 0 unspecified atom stereocenters. The minimum Gasteiger partial charge on any atom is -0.364 e. The van der Waals surface area contributed by atoms with Gasteiger partial charge >= 0.3 is 0 Å². The summed E-state index contributed by atoms with van der Waals surface area (Å²) >= 11 is 0. The van der Waals surface area contributed by atoms with Gasteiger partial charge in [-0.3, -0.25) is 4.79 Å². The standard InChI is InChI=1S/C13H21N3O/c1-9-7-14-10(2)12(9)13(17)16-6-5-11(8-16)15(3)4/h7,11,14H,5-6,8H2,1-4H3/t11-/m0/s1. The maximum absolute atomic E-state index is 12.4. The lowest BCUT2D eigenvalue weighted by Crippen LogP contribution is -2.34. The van der Waals surface area contributed by atoms with Crippen LogP contribution in [0.1, 0.15) is 28.0 Å². The highest BCUT2D eigenvalue weighted by molar-refractivity contribution is 5.97. The van der Waals surface area contributed by atoms with E-state index in [4.69, 9.17) is 0 Å². The van der Waals surface area contributed by atoms with Crippen LogP contribution in [0.5, 0.6) is 0 Å². The molecule has 0 aliphatic carbocycles. The molecule has 4 heteroatoms. The van der Waals surface area contributed by atoms with E-state index < -0.39 is 0 Å². The number of aromatic nitrogens is 1. The Hall–Kier alpha value is -1.29. The van der Waals surface area contributed by atoms with Gasteiger partial charge in [0, 0.05) is 31.0 Å². The summed E-state index contributed by atoms with van der Waals surface area (Å²) in [4.78, 5) is 19.7. The van der Waals surface area contributed by atoms with Crippen LogP contribution >= 0.6 is 0 Å². The molecule has 1 amide bonds. The van der Waals surface area contributed by atoms with Gasteiger partial charge in [0.2, 0.25) is 0 Å². The summed E-state index contributed by atoms with van der Waals surface area (Å²) in [5.41, 5.74) is 2.87. The second-order valence-electron chi connectivity index (χ2n) is 5.13. The summed E-state index contributed by atoms with van der Waals surface area (Å²) in [5.74, 6) is 0.172. The molecule has 1 fully saturated rings. The maximum Gasteiger partial charge on any atom is 0.255 e. The molecule has 17 heavy (non-hydrogen) atoms. The molecular formula is C13H21N3O. The zero-order valence-electron chi connectivity index (χ0n) is 11.1. The summed E-state index contributed by atoms with van der Waals surface area (Å²) in [7, 11) is 4.15. The van der Waals surface area contributed by atoms with Gasteiger partial charge in [-0.2, -0.15) is 0 Å². The molecule has 1 aliphatic rings. The van der Waals surface area contributed by atoms with Crippen LogP contribution in [-0.2, 0) is 0 Å². The summed E-state index contributed by atoms with van der Waals surface area (Å²) < 4.78 is 0. The zero-order valence-corrected chi connectivity index (χ0v) is 11.1. The van der Waals surface area contributed by atoms with Crippen LogP contribution in [0.3, 0.4) is 0 Å². The van der Waals surface area contributed by atoms with Gasteiger partial charge in [0.1, 0.15) is 0 Å². The fourth-order valence-corrected chi connectivity index (χ4v) is 2.49. The quantitative estimate of drug-likeness (QED) is 0.842. The second-order valence-corrected chi connectivity index (χ2v) is 5.13. The van der Waals surface area contributed by atoms with Crippen molar-refractivity contribution < 1.29 is 4.79 Å². The summed E-state index contributed by atoms with van der Waals surface area (Å²) in [6, 6.07) is 0.499. The number of aryl methyl sites for hydroxylation is 2. The Kier molecular flexibility index (Phi) is 3.24. The van der Waals surface area contributed by atoms with Crippen molar-refractivity contribution in [1.82, 2.24) is 14.8 Å². The van der Waals surface area contributed by atoms with E-state index in [1.807, 2.05) is 24.9 Å². The first kappa shape index (κ1) is 12.2. The average Bonchev–Trinajstić information content (AvgIpc) is 2.85. The molecule has 1 saturated heterocycles. The lowest BCUT2D eigenvalue weighted by molar-refractivity contribution is 0.0782. The van der Waals surface area contributed by atoms with Crippen molar-refractivity contribution in [3.05, 3.63) is 23.0 Å². The number of amides is 1. The van der Waals surface area contributed by atoms with Gasteiger partial charge in [0.05, 0.1) is 5.56 Å². The van der Waals surface area contributed by atoms with Gasteiger partial charge in [-0.05, 0) is 39.9 Å². The fourth-order valence-electron chi connectivity index (χ4n) is 2.49. The predicted molar refractivity (Wildman–Crippen MR) is 68.3 cm³/mol. The fraction of sp³-hybridized carbons (Fsp3) is 0.615. The highest BCUT2D eigenvalue weighted by Gasteiger charge is 2.29. The Morgan fingerprint density at radius 1 is 1.47 bits per heavy atom. The number of carbonyl (C=O) groups is 1. The van der Waals surface area contributed by atoms with Crippen LogP contribution in [0.2, 0.25) is 0 Å². The number of carbonyl (C=O) groups excluding carboxylic acids is 1. The van der Waals surface area contributed by atoms with Gasteiger partial charge in [-0.15, -0.1) is 0 Å². The van der Waals surface area contributed by atoms with Gasteiger partial charge in [0.25, 0.3) is 5.91 Å². The number of hydrogen-bond donors (Lipinski definition) is 1. The van der Waals surface area contributed by atoms with Crippen molar-refractivity contribution in [2.24, 2.45) is 0 Å². The molecule has 1 aromatic rings. The largest absolute Gasteiger partial charge is 0.364 e. The third-order valence-corrected chi connectivity index (χ3v) is 3.67. The number of nitrogens with one attached hydrogen (secondary N) is 1. The Bertz CT molecular complexity index is 403. The minimum atomic E-state index is 0.172. The Morgan fingerprint density at radius 3 is 2.65 bits per heavy atom. The first-order chi connectivity index (χ1) is 8.00. The van der Waals surface area contributed by atoms with Crippen LogP contribution in [0.25, 0.3) is 0 Å². The molecule has 1 aromatic heterocycles. The Morgan fingerprint density at radius 2 is 2.18 bits per heavy atom. The lowest BCUT2D eigenvalue weighted by atomic mass is 10.1. The number of likely N-dealkylation sites (N-methyl/N-ethyl adjacent to an activating group) is 1. The number of nitrogens with zero attached hydrogens (tertiary/aromatic N) is 2. The van der Waals surface area contributed by atoms with E-state index >= 15 is 0 Å². The van der Waals surface area contributed by atoms with E-state index in [1.54, 1.807) is 0 Å². The number of likely N-dealkylation sites (tertiary alicyclic amines) is 1. The van der Waals surface area contributed by atoms with Crippen LogP contribution in [-0.4, -0.2) is 53.9 Å². The van der Waals surface area contributed by atoms with Gasteiger partial charge in [-0.1, -0.05) is 0 Å². The number of H-pyrrole nitrogens is 1. The summed E-state index contributed by atoms with van der Waals surface area (Å²) in [5, 5.41) is 0. The van der Waals surface area contributed by atoms with Crippen molar-refractivity contribution in [3.63, 3.8) is 0 Å². The molecule has 2 heterocycles. The molecular weight excluding hydrogens is 214 g/mol. The third-order valence-electron chi connectivity index (χ3n) is 3.67. The SMILES string of the molecule is Cc1c[nH]c(C)c1C(=O)N1CC[C@H](N(C)C)C1. The smallest absolute Gasteiger partial charge is 0.255 e. The first-order valence-electron chi connectivity index (χ1n) is 6.11. The Labute approximate surface area is 103 Å². The van der Waals surface area contributed by atoms with E-state index in [0.717, 1.165) is 36.3 Å². The molecule has 1 atom stereocenters. The maximum atomic E-state index is 12.4. The van der Waals surface area contributed by atoms with Gasteiger partial charge in [0.15, 0.2) is 0 Å². The first-order valence-corrected chi connectivity index (χ1v) is 6.11. The topological polar surface area (TPSA) is 39.3 Å². The molecule has 1 aliphatic heterocycles. The highest BCUT2D eigenvalue weighted by atomic mass is 16.2. The van der Waals surface area contributed by atoms with Crippen LogP contribution in [0.15, 0.2) is 6.20 Å². The molecule has 94 valence electrons. The lowest BCUT2D eigenvalue weighted by Gasteiger charge is -2.20. The summed E-state index contributed by atoms with van der Waals surface area (Å²) in [6.45, 7) is 5.65. The molecule has 0 spiro atoms. The number of hydrogen-bond acceptors (Lipinski definition) is 2. The van der Waals surface area contributed by atoms with Crippen LogP contribution in [0.4, 0.5) is 0 Å². The molecule has 0 aromatic carbocycles. The monoisotopic (exact) mass is 235 g/mol. The summed E-state index contributed by atoms with van der Waals surface area (Å²) in [6.07, 6.45) is 2.98. The van der Waals surface area contributed by atoms with Crippen molar-refractivity contribution >= 4 is 5.91 Å². The van der Waals surface area contributed by atoms with E-state index in [1.165, 1.54) is 0 Å². The number of aromatic amines is 1. The molecule has 1 N–H and O–H groups in total. The zero-order chi connectivity index (χ0) is 12.6. The van der Waals surface area contributed by atoms with Crippen molar-refractivity contribution in [2.75, 3.05) is 27.2 Å². The predicted octanol–water partition coefficient (Wildman–Crippen LogP) is 1.41. The van der Waals surface area contributed by atoms with Crippen LogP contribution in [0, 0.1) is 13.8 Å². The third kappa shape index (κ3) is 2.22. The van der Waals surface area contributed by atoms with E-state index in [-0.39, 0.29) is 5.91 Å². The normalized spacial score (nSPS) is 20.3. The van der Waals surface area contributed by atoms with Gasteiger partial charge in [-0.25, -0.2) is 0 Å². The molecule has 0 radical (unpaired) electrons. The Balaban J connectivity index is 2.12. The minimum absolute atomic E-state index is 0.172. The molecule has 0 bridgehead atoms. The van der Waals surface area contributed by atoms with E-state index in [9.17, 15) is 4.79 Å². The van der Waals surface area contributed by atoms with Crippen molar-refractivity contribution in [3.8, 4) is 0 Å². The van der Waals surface area contributed by atoms with Crippen LogP contribution < -0.4 is 0 Å². The highest BCUT2D eigenvalue weighted by Crippen LogP contribution is 2.20. The van der Waals surface area contributed by atoms with Crippen molar-refractivity contribution in [2.45, 2.75) is 26.3 Å². The van der Waals surface area contributed by atoms with Gasteiger partial charge < -0.3 is 14.8 Å². The van der Waals surface area contributed by atoms with E-state index in [0.29, 0.717) is 6.04 Å². The van der Waals surface area contributed by atoms with Crippen molar-refractivity contribution in [1.29, 1.82) is 0 Å². The number of rotatable bonds is 2. The molecule has 4 nitrogen and oxygen atoms in total.